The van der Waals surface area contributed by atoms with Crippen LogP contribution in [0.3, 0.4) is 0 Å². The van der Waals surface area contributed by atoms with Gasteiger partial charge in [-0.1, -0.05) is 27.5 Å². The summed E-state index contributed by atoms with van der Waals surface area (Å²) in [6.07, 6.45) is 5.85. The molecule has 0 radical (unpaired) electrons. The molecule has 0 aliphatic heterocycles. The highest BCUT2D eigenvalue weighted by molar-refractivity contribution is 9.10. The van der Waals surface area contributed by atoms with Gasteiger partial charge in [-0.25, -0.2) is 0 Å². The third-order valence-electron chi connectivity index (χ3n) is 4.16. The summed E-state index contributed by atoms with van der Waals surface area (Å²) in [7, 11) is 0. The minimum atomic E-state index is 0.816. The van der Waals surface area contributed by atoms with Crippen molar-refractivity contribution >= 4 is 27.5 Å². The number of hydrogen-bond acceptors (Lipinski definition) is 1. The Balaban J connectivity index is 1.52. The van der Waals surface area contributed by atoms with Gasteiger partial charge in [0.25, 0.3) is 0 Å². The lowest BCUT2D eigenvalue weighted by molar-refractivity contribution is 0.378. The fourth-order valence-corrected chi connectivity index (χ4v) is 3.40. The van der Waals surface area contributed by atoms with Crippen LogP contribution in [-0.2, 0) is 6.54 Å². The average Bonchev–Trinajstić information content (AvgIpc) is 3.22. The van der Waals surface area contributed by atoms with Crippen molar-refractivity contribution in [2.45, 2.75) is 32.2 Å². The first kappa shape index (κ1) is 13.0. The molecule has 1 nitrogen and oxygen atoms in total. The van der Waals surface area contributed by atoms with Gasteiger partial charge in [-0.05, 0) is 73.7 Å². The zero-order valence-corrected chi connectivity index (χ0v) is 12.8. The normalized spacial score (nSPS) is 19.5. The van der Waals surface area contributed by atoms with Crippen LogP contribution < -0.4 is 5.32 Å². The fraction of sp³-hybridized carbons (Fsp3) is 0.600. The molecule has 2 saturated carbocycles. The number of halogens is 2. The molecule has 2 aliphatic rings. The molecule has 0 amide bonds. The summed E-state index contributed by atoms with van der Waals surface area (Å²) in [5.74, 6) is 2.98. The first-order chi connectivity index (χ1) is 8.74. The van der Waals surface area contributed by atoms with E-state index in [-0.39, 0.29) is 0 Å². The van der Waals surface area contributed by atoms with Crippen LogP contribution in [0.4, 0.5) is 0 Å². The molecule has 1 N–H and O–H groups in total. The van der Waals surface area contributed by atoms with Crippen LogP contribution >= 0.6 is 27.5 Å². The van der Waals surface area contributed by atoms with Crippen LogP contribution in [0.2, 0.25) is 5.02 Å². The lowest BCUT2D eigenvalue weighted by Crippen LogP contribution is -2.25. The first-order valence-electron chi connectivity index (χ1n) is 6.88. The number of benzene rings is 1. The van der Waals surface area contributed by atoms with E-state index in [1.165, 1.54) is 37.8 Å². The minimum absolute atomic E-state index is 0.816. The summed E-state index contributed by atoms with van der Waals surface area (Å²) in [6.45, 7) is 2.09. The Bertz CT molecular complexity index is 415. The molecular formula is C15H19BrClN. The van der Waals surface area contributed by atoms with Gasteiger partial charge >= 0.3 is 0 Å². The van der Waals surface area contributed by atoms with Crippen molar-refractivity contribution in [1.82, 2.24) is 5.32 Å². The number of nitrogens with one attached hydrogen (secondary N) is 1. The highest BCUT2D eigenvalue weighted by Crippen LogP contribution is 2.48. The van der Waals surface area contributed by atoms with Crippen LogP contribution in [0.1, 0.15) is 31.2 Å². The predicted octanol–water partition coefficient (Wildman–Crippen LogP) is 4.63. The number of rotatable bonds is 6. The predicted molar refractivity (Wildman–Crippen MR) is 79.8 cm³/mol. The lowest BCUT2D eigenvalue weighted by atomic mass is 9.98. The molecule has 0 bridgehead atoms. The first-order valence-corrected chi connectivity index (χ1v) is 8.06. The van der Waals surface area contributed by atoms with E-state index in [9.17, 15) is 0 Å². The van der Waals surface area contributed by atoms with Crippen LogP contribution in [0, 0.1) is 17.8 Å². The smallest absolute Gasteiger partial charge is 0.0410 e. The zero-order valence-electron chi connectivity index (χ0n) is 10.5. The van der Waals surface area contributed by atoms with Crippen molar-refractivity contribution in [3.05, 3.63) is 33.3 Å². The van der Waals surface area contributed by atoms with Gasteiger partial charge in [0.1, 0.15) is 0 Å². The second-order valence-corrected chi connectivity index (χ2v) is 7.00. The van der Waals surface area contributed by atoms with E-state index < -0.39 is 0 Å². The van der Waals surface area contributed by atoms with Crippen LogP contribution in [0.15, 0.2) is 22.7 Å². The van der Waals surface area contributed by atoms with E-state index in [0.29, 0.717) is 0 Å². The van der Waals surface area contributed by atoms with Gasteiger partial charge in [0.05, 0.1) is 0 Å². The summed E-state index contributed by atoms with van der Waals surface area (Å²) in [6, 6.07) is 5.99. The molecule has 0 aromatic heterocycles. The molecule has 3 rings (SSSR count). The van der Waals surface area contributed by atoms with E-state index in [2.05, 4.69) is 21.2 Å². The van der Waals surface area contributed by atoms with Gasteiger partial charge in [-0.3, -0.25) is 0 Å². The van der Waals surface area contributed by atoms with Gasteiger partial charge in [0, 0.05) is 16.0 Å². The molecule has 2 aliphatic carbocycles. The standard InChI is InChI=1S/C15H19BrClN/c16-15-6-5-13(17)7-12(15)8-18-9-14(10-1-2-10)11-3-4-11/h5-7,10-11,14,18H,1-4,8-9H2. The van der Waals surface area contributed by atoms with E-state index in [1.807, 2.05) is 18.2 Å². The van der Waals surface area contributed by atoms with Crippen LogP contribution in [0.5, 0.6) is 0 Å². The molecule has 1 aromatic rings. The van der Waals surface area contributed by atoms with Gasteiger partial charge in [-0.15, -0.1) is 0 Å². The minimum Gasteiger partial charge on any atom is -0.312 e. The van der Waals surface area contributed by atoms with Crippen molar-refractivity contribution in [1.29, 1.82) is 0 Å². The summed E-state index contributed by atoms with van der Waals surface area (Å²) < 4.78 is 1.15. The Morgan fingerprint density at radius 1 is 1.22 bits per heavy atom. The van der Waals surface area contributed by atoms with Gasteiger partial charge < -0.3 is 5.32 Å². The molecule has 0 spiro atoms. The summed E-state index contributed by atoms with van der Waals surface area (Å²) in [5.41, 5.74) is 1.26. The van der Waals surface area contributed by atoms with Crippen molar-refractivity contribution in [3.8, 4) is 0 Å². The molecule has 18 heavy (non-hydrogen) atoms. The Morgan fingerprint density at radius 3 is 2.50 bits per heavy atom. The quantitative estimate of drug-likeness (QED) is 0.803. The van der Waals surface area contributed by atoms with Crippen molar-refractivity contribution < 1.29 is 0 Å². The van der Waals surface area contributed by atoms with Crippen molar-refractivity contribution in [2.75, 3.05) is 6.54 Å². The maximum Gasteiger partial charge on any atom is 0.0410 e. The molecule has 0 unspecified atom stereocenters. The molecular weight excluding hydrogens is 310 g/mol. The van der Waals surface area contributed by atoms with E-state index in [1.54, 1.807) is 0 Å². The molecule has 2 fully saturated rings. The third kappa shape index (κ3) is 3.28. The highest BCUT2D eigenvalue weighted by Gasteiger charge is 2.40. The second kappa shape index (κ2) is 5.52. The van der Waals surface area contributed by atoms with Gasteiger partial charge in [0.15, 0.2) is 0 Å². The third-order valence-corrected chi connectivity index (χ3v) is 5.17. The van der Waals surface area contributed by atoms with E-state index in [4.69, 9.17) is 11.6 Å². The molecule has 0 saturated heterocycles. The Labute approximate surface area is 122 Å². The monoisotopic (exact) mass is 327 g/mol. The van der Waals surface area contributed by atoms with E-state index in [0.717, 1.165) is 33.8 Å². The van der Waals surface area contributed by atoms with Crippen LogP contribution in [-0.4, -0.2) is 6.54 Å². The molecule has 1 aromatic carbocycles. The fourth-order valence-electron chi connectivity index (χ4n) is 2.82. The maximum atomic E-state index is 6.03. The molecule has 98 valence electrons. The maximum absolute atomic E-state index is 6.03. The Morgan fingerprint density at radius 2 is 1.89 bits per heavy atom. The van der Waals surface area contributed by atoms with E-state index >= 15 is 0 Å². The SMILES string of the molecule is Clc1ccc(Br)c(CNCC(C2CC2)C2CC2)c1. The second-order valence-electron chi connectivity index (χ2n) is 5.71. The zero-order chi connectivity index (χ0) is 12.5. The van der Waals surface area contributed by atoms with Crippen molar-refractivity contribution in [3.63, 3.8) is 0 Å². The Kier molecular flexibility index (Phi) is 3.97. The van der Waals surface area contributed by atoms with Gasteiger partial charge in [0.2, 0.25) is 0 Å². The lowest BCUT2D eigenvalue weighted by Gasteiger charge is -2.16. The summed E-state index contributed by atoms with van der Waals surface area (Å²) in [5, 5.41) is 4.44. The van der Waals surface area contributed by atoms with Crippen LogP contribution in [0.25, 0.3) is 0 Å². The average molecular weight is 329 g/mol. The largest absolute Gasteiger partial charge is 0.312 e. The Hall–Kier alpha value is -0.0500. The summed E-state index contributed by atoms with van der Waals surface area (Å²) in [4.78, 5) is 0. The highest BCUT2D eigenvalue weighted by atomic mass is 79.9. The number of hydrogen-bond donors (Lipinski definition) is 1. The summed E-state index contributed by atoms with van der Waals surface area (Å²) >= 11 is 9.61. The van der Waals surface area contributed by atoms with Crippen molar-refractivity contribution in [2.24, 2.45) is 17.8 Å². The molecule has 0 heterocycles. The topological polar surface area (TPSA) is 12.0 Å². The molecule has 3 heteroatoms. The molecule has 0 atom stereocenters. The van der Waals surface area contributed by atoms with Gasteiger partial charge in [-0.2, -0.15) is 0 Å².